The van der Waals surface area contributed by atoms with Crippen molar-refractivity contribution in [2.45, 2.75) is 78.1 Å². The topological polar surface area (TPSA) is 58.9 Å². The fourth-order valence-corrected chi connectivity index (χ4v) is 5.80. The van der Waals surface area contributed by atoms with Gasteiger partial charge in [-0.1, -0.05) is 44.3 Å². The number of rotatable bonds is 5. The predicted molar refractivity (Wildman–Crippen MR) is 116 cm³/mol. The zero-order chi connectivity index (χ0) is 21.4. The number of hydrogen-bond donors (Lipinski definition) is 1. The van der Waals surface area contributed by atoms with Crippen molar-refractivity contribution < 1.29 is 14.7 Å². The molecule has 0 aliphatic heterocycles. The van der Waals surface area contributed by atoms with E-state index in [1.54, 1.807) is 0 Å². The molecule has 1 unspecified atom stereocenters. The van der Waals surface area contributed by atoms with Crippen molar-refractivity contribution in [1.82, 2.24) is 0 Å². The highest BCUT2D eigenvalue weighted by atomic mass is 16.6. The fraction of sp³-hybridized carbons (Fsp3) is 0.600. The third-order valence-corrected chi connectivity index (χ3v) is 7.37. The molecule has 3 atom stereocenters. The molecule has 1 aromatic rings. The van der Waals surface area contributed by atoms with E-state index in [0.29, 0.717) is 5.92 Å². The molecule has 0 spiro atoms. The second-order valence-corrected chi connectivity index (χ2v) is 9.49. The summed E-state index contributed by atoms with van der Waals surface area (Å²) in [7, 11) is 0. The van der Waals surface area contributed by atoms with Crippen LogP contribution in [0.2, 0.25) is 0 Å². The van der Waals surface area contributed by atoms with Crippen LogP contribution < -0.4 is 0 Å². The molecule has 1 aromatic carbocycles. The van der Waals surface area contributed by atoms with E-state index in [0.717, 1.165) is 43.4 Å². The molecule has 0 saturated heterocycles. The van der Waals surface area contributed by atoms with Gasteiger partial charge in [0.2, 0.25) is 0 Å². The van der Waals surface area contributed by atoms with Gasteiger partial charge >= 0.3 is 5.97 Å². The third kappa shape index (κ3) is 3.56. The molecule has 4 heteroatoms. The molecule has 29 heavy (non-hydrogen) atoms. The predicted octanol–water partition coefficient (Wildman–Crippen LogP) is 5.28. The summed E-state index contributed by atoms with van der Waals surface area (Å²) in [5, 5.41) is 14.3. The Balaban J connectivity index is 2.14. The minimum atomic E-state index is -0.666. The molecule has 156 valence electrons. The lowest BCUT2D eigenvalue weighted by Crippen LogP contribution is -2.52. The minimum absolute atomic E-state index is 0.136. The highest BCUT2D eigenvalue weighted by Crippen LogP contribution is 2.57. The largest absolute Gasteiger partial charge is 0.481 e. The molecule has 1 saturated carbocycles. The van der Waals surface area contributed by atoms with Crippen molar-refractivity contribution in [2.24, 2.45) is 16.5 Å². The van der Waals surface area contributed by atoms with Gasteiger partial charge in [0, 0.05) is 5.56 Å². The second-order valence-electron chi connectivity index (χ2n) is 9.49. The number of nitrogens with zero attached hydrogens (tertiary/aromatic N) is 1. The summed E-state index contributed by atoms with van der Waals surface area (Å²) in [6.45, 7) is 10.7. The van der Waals surface area contributed by atoms with Crippen LogP contribution in [-0.2, 0) is 21.5 Å². The number of fused-ring (bicyclic) bond motifs is 3. The van der Waals surface area contributed by atoms with Crippen LogP contribution in [0.4, 0.5) is 0 Å². The molecule has 4 nitrogen and oxygen atoms in total. The van der Waals surface area contributed by atoms with Crippen molar-refractivity contribution >= 4 is 11.7 Å². The van der Waals surface area contributed by atoms with E-state index in [4.69, 9.17) is 11.3 Å². The van der Waals surface area contributed by atoms with Gasteiger partial charge in [-0.25, -0.2) is 0 Å². The number of oxime groups is 1. The summed E-state index contributed by atoms with van der Waals surface area (Å²) in [5.41, 5.74) is 5.02. The lowest BCUT2D eigenvalue weighted by atomic mass is 9.49. The van der Waals surface area contributed by atoms with Crippen molar-refractivity contribution in [2.75, 3.05) is 6.61 Å². The van der Waals surface area contributed by atoms with Crippen molar-refractivity contribution in [1.29, 1.82) is 0 Å². The normalized spacial score (nSPS) is 29.0. The fourth-order valence-electron chi connectivity index (χ4n) is 5.80. The Morgan fingerprint density at radius 2 is 2.10 bits per heavy atom. The monoisotopic (exact) mass is 395 g/mol. The maximum atomic E-state index is 12.2. The first kappa shape index (κ1) is 21.4. The van der Waals surface area contributed by atoms with Crippen LogP contribution in [0, 0.1) is 23.7 Å². The number of terminal acetylenes is 1. The van der Waals surface area contributed by atoms with Crippen LogP contribution in [0.25, 0.3) is 0 Å². The van der Waals surface area contributed by atoms with E-state index in [-0.39, 0.29) is 17.9 Å². The standard InChI is InChI=1S/C25H33NO3/c1-7-13-29-26-17(4)20-15-21-18(14-19(20)16(2)3)9-10-22-24(21,5)11-8-12-25(22,6)23(27)28/h1,14-16,22H,8-13H2,2-6H3,(H,27,28)/b26-17+/t22?,24-,25-/m1/s1. The third-order valence-electron chi connectivity index (χ3n) is 7.37. The van der Waals surface area contributed by atoms with Gasteiger partial charge in [-0.3, -0.25) is 4.79 Å². The number of carbonyl (C=O) groups is 1. The van der Waals surface area contributed by atoms with E-state index in [9.17, 15) is 9.90 Å². The Morgan fingerprint density at radius 1 is 1.38 bits per heavy atom. The maximum absolute atomic E-state index is 12.2. The van der Waals surface area contributed by atoms with Gasteiger partial charge in [0.1, 0.15) is 0 Å². The molecule has 1 N–H and O–H groups in total. The second kappa shape index (κ2) is 7.86. The summed E-state index contributed by atoms with van der Waals surface area (Å²) < 4.78 is 0. The first-order valence-corrected chi connectivity index (χ1v) is 10.7. The van der Waals surface area contributed by atoms with E-state index in [1.165, 1.54) is 16.7 Å². The average molecular weight is 396 g/mol. The Hall–Kier alpha value is -2.28. The van der Waals surface area contributed by atoms with Gasteiger partial charge in [0.05, 0.1) is 11.1 Å². The Morgan fingerprint density at radius 3 is 2.72 bits per heavy atom. The molecule has 3 rings (SSSR count). The quantitative estimate of drug-likeness (QED) is 0.319. The van der Waals surface area contributed by atoms with E-state index in [2.05, 4.69) is 44.0 Å². The molecule has 0 aromatic heterocycles. The van der Waals surface area contributed by atoms with Gasteiger partial charge in [-0.15, -0.1) is 6.42 Å². The van der Waals surface area contributed by atoms with E-state index in [1.807, 2.05) is 13.8 Å². The van der Waals surface area contributed by atoms with Gasteiger partial charge in [-0.05, 0) is 79.5 Å². The zero-order valence-electron chi connectivity index (χ0n) is 18.3. The number of benzene rings is 1. The lowest BCUT2D eigenvalue weighted by Gasteiger charge is -2.53. The molecular weight excluding hydrogens is 362 g/mol. The number of aliphatic carboxylic acids is 1. The van der Waals surface area contributed by atoms with Crippen LogP contribution in [0.15, 0.2) is 17.3 Å². The first-order chi connectivity index (χ1) is 13.6. The van der Waals surface area contributed by atoms with Crippen molar-refractivity contribution in [3.8, 4) is 12.3 Å². The van der Waals surface area contributed by atoms with Gasteiger partial charge in [0.25, 0.3) is 0 Å². The highest BCUT2D eigenvalue weighted by molar-refractivity contribution is 6.00. The smallest absolute Gasteiger partial charge is 0.309 e. The first-order valence-electron chi connectivity index (χ1n) is 10.7. The summed E-state index contributed by atoms with van der Waals surface area (Å²) in [5.74, 6) is 2.28. The van der Waals surface area contributed by atoms with Gasteiger partial charge < -0.3 is 9.94 Å². The molecule has 1 fully saturated rings. The van der Waals surface area contributed by atoms with Crippen LogP contribution in [0.1, 0.15) is 88.5 Å². The molecule has 0 amide bonds. The minimum Gasteiger partial charge on any atom is -0.481 e. The maximum Gasteiger partial charge on any atom is 0.309 e. The molecule has 0 radical (unpaired) electrons. The summed E-state index contributed by atoms with van der Waals surface area (Å²) in [6, 6.07) is 4.59. The van der Waals surface area contributed by atoms with Crippen LogP contribution in [0.5, 0.6) is 0 Å². The molecule has 2 aliphatic carbocycles. The number of aryl methyl sites for hydroxylation is 1. The highest BCUT2D eigenvalue weighted by Gasteiger charge is 2.55. The molecule has 2 aliphatic rings. The van der Waals surface area contributed by atoms with E-state index < -0.39 is 11.4 Å². The lowest BCUT2D eigenvalue weighted by molar-refractivity contribution is -0.157. The Bertz CT molecular complexity index is 879. The van der Waals surface area contributed by atoms with Crippen molar-refractivity contribution in [3.05, 3.63) is 34.4 Å². The summed E-state index contributed by atoms with van der Waals surface area (Å²) >= 11 is 0. The van der Waals surface area contributed by atoms with Crippen molar-refractivity contribution in [3.63, 3.8) is 0 Å². The van der Waals surface area contributed by atoms with Crippen LogP contribution in [-0.4, -0.2) is 23.4 Å². The average Bonchev–Trinajstić information content (AvgIpc) is 2.66. The number of carboxylic acid groups (broad SMARTS) is 1. The number of hydrogen-bond acceptors (Lipinski definition) is 3. The Kier molecular flexibility index (Phi) is 5.81. The SMILES string of the molecule is C#CCO/N=C(\C)c1cc2c(cc1C(C)C)CCC1[C@](C)(C(=O)O)CCC[C@]21C. The molecular formula is C25H33NO3. The van der Waals surface area contributed by atoms with E-state index >= 15 is 0 Å². The number of carboxylic acids is 1. The zero-order valence-corrected chi connectivity index (χ0v) is 18.3. The Labute approximate surface area is 174 Å². The molecule has 0 bridgehead atoms. The van der Waals surface area contributed by atoms with Crippen LogP contribution in [0.3, 0.4) is 0 Å². The summed E-state index contributed by atoms with van der Waals surface area (Å²) in [4.78, 5) is 17.4. The van der Waals surface area contributed by atoms with Gasteiger partial charge in [-0.2, -0.15) is 0 Å². The van der Waals surface area contributed by atoms with Crippen LogP contribution >= 0.6 is 0 Å². The summed E-state index contributed by atoms with van der Waals surface area (Å²) in [6.07, 6.45) is 9.86. The van der Waals surface area contributed by atoms with Gasteiger partial charge in [0.15, 0.2) is 6.61 Å². The molecule has 0 heterocycles.